The summed E-state index contributed by atoms with van der Waals surface area (Å²) in [5.41, 5.74) is 2.15. The summed E-state index contributed by atoms with van der Waals surface area (Å²) >= 11 is 0. The molecule has 132 valence electrons. The maximum absolute atomic E-state index is 8.75. The second-order valence-corrected chi connectivity index (χ2v) is 6.37. The highest BCUT2D eigenvalue weighted by molar-refractivity contribution is 5.84. The molecule has 0 radical (unpaired) electrons. The maximum atomic E-state index is 8.75. The highest BCUT2D eigenvalue weighted by Crippen LogP contribution is 2.24. The van der Waals surface area contributed by atoms with Crippen LogP contribution in [0.1, 0.15) is 64.0 Å². The first kappa shape index (κ1) is 18.7. The van der Waals surface area contributed by atoms with Gasteiger partial charge in [0, 0.05) is 17.7 Å². The van der Waals surface area contributed by atoms with Crippen LogP contribution in [0, 0.1) is 0 Å². The van der Waals surface area contributed by atoms with Gasteiger partial charge in [-0.2, -0.15) is 0 Å². The molecule has 0 saturated heterocycles. The number of rotatable bonds is 12. The lowest BCUT2D eigenvalue weighted by Crippen LogP contribution is -1.96. The van der Waals surface area contributed by atoms with Crippen LogP contribution >= 0.6 is 0 Å². The Morgan fingerprint density at radius 3 is 2.29 bits per heavy atom. The van der Waals surface area contributed by atoms with Crippen molar-refractivity contribution in [3.63, 3.8) is 0 Å². The van der Waals surface area contributed by atoms with Crippen LogP contribution in [-0.2, 0) is 6.42 Å². The van der Waals surface area contributed by atoms with Crippen molar-refractivity contribution in [2.24, 2.45) is 0 Å². The zero-order valence-corrected chi connectivity index (χ0v) is 15.0. The van der Waals surface area contributed by atoms with Gasteiger partial charge >= 0.3 is 0 Å². The fourth-order valence-electron chi connectivity index (χ4n) is 3.05. The van der Waals surface area contributed by atoms with Gasteiger partial charge in [0.05, 0.1) is 6.61 Å². The monoisotopic (exact) mass is 329 g/mol. The van der Waals surface area contributed by atoms with Gasteiger partial charge < -0.3 is 9.84 Å². The van der Waals surface area contributed by atoms with Crippen LogP contribution in [0.4, 0.5) is 0 Å². The molecule has 3 heteroatoms. The minimum atomic E-state index is 0.337. The average molecular weight is 329 g/mol. The number of fused-ring (bicyclic) bond motifs is 1. The van der Waals surface area contributed by atoms with E-state index < -0.39 is 0 Å². The van der Waals surface area contributed by atoms with Gasteiger partial charge in [0.15, 0.2) is 0 Å². The molecular weight excluding hydrogens is 298 g/mol. The van der Waals surface area contributed by atoms with Crippen LogP contribution in [0.5, 0.6) is 5.75 Å². The quantitative estimate of drug-likeness (QED) is 0.538. The van der Waals surface area contributed by atoms with Crippen molar-refractivity contribution in [2.45, 2.75) is 64.7 Å². The molecule has 0 aliphatic heterocycles. The smallest absolute Gasteiger partial charge is 0.145 e. The van der Waals surface area contributed by atoms with Crippen LogP contribution < -0.4 is 4.74 Å². The Balaban J connectivity index is 1.74. The average Bonchev–Trinajstić information content (AvgIpc) is 2.61. The number of aryl methyl sites for hydroxylation is 1. The van der Waals surface area contributed by atoms with Crippen molar-refractivity contribution in [2.75, 3.05) is 13.2 Å². The van der Waals surface area contributed by atoms with E-state index in [9.17, 15) is 0 Å². The van der Waals surface area contributed by atoms with E-state index in [1.807, 2.05) is 19.1 Å². The van der Waals surface area contributed by atoms with E-state index in [0.717, 1.165) is 35.2 Å². The molecule has 0 fully saturated rings. The summed E-state index contributed by atoms with van der Waals surface area (Å²) in [7, 11) is 0. The van der Waals surface area contributed by atoms with Gasteiger partial charge in [-0.3, -0.25) is 0 Å². The molecular formula is C21H31NO2. The van der Waals surface area contributed by atoms with Crippen molar-refractivity contribution in [1.82, 2.24) is 4.98 Å². The van der Waals surface area contributed by atoms with E-state index in [1.54, 1.807) is 0 Å². The van der Waals surface area contributed by atoms with Crippen LogP contribution in [-0.4, -0.2) is 23.3 Å². The lowest BCUT2D eigenvalue weighted by molar-refractivity contribution is 0.282. The van der Waals surface area contributed by atoms with Crippen molar-refractivity contribution in [3.8, 4) is 5.75 Å². The van der Waals surface area contributed by atoms with Gasteiger partial charge in [0.25, 0.3) is 0 Å². The van der Waals surface area contributed by atoms with Crippen molar-refractivity contribution >= 4 is 10.9 Å². The molecule has 0 bridgehead atoms. The standard InChI is InChI=1S/C21H31NO2/c1-2-24-20-14-11-12-18-15-16-19(22-21(18)20)13-9-7-5-3-4-6-8-10-17-23/h11-12,14-16,23H,2-10,13,17H2,1H3. The first-order valence-electron chi connectivity index (χ1n) is 9.47. The third-order valence-electron chi connectivity index (χ3n) is 4.38. The maximum Gasteiger partial charge on any atom is 0.145 e. The van der Waals surface area contributed by atoms with Crippen molar-refractivity contribution in [1.29, 1.82) is 0 Å². The number of benzene rings is 1. The molecule has 1 heterocycles. The molecule has 1 N–H and O–H groups in total. The third kappa shape index (κ3) is 6.12. The third-order valence-corrected chi connectivity index (χ3v) is 4.38. The number of aliphatic hydroxyl groups excluding tert-OH is 1. The SMILES string of the molecule is CCOc1cccc2ccc(CCCCCCCCCCO)nc12. The number of aliphatic hydroxyl groups is 1. The molecule has 0 aliphatic carbocycles. The molecule has 2 aromatic rings. The first-order chi connectivity index (χ1) is 11.8. The number of aromatic nitrogens is 1. The normalized spacial score (nSPS) is 11.1. The zero-order valence-electron chi connectivity index (χ0n) is 15.0. The zero-order chi connectivity index (χ0) is 17.0. The highest BCUT2D eigenvalue weighted by Gasteiger charge is 2.04. The topological polar surface area (TPSA) is 42.4 Å². The number of nitrogens with zero attached hydrogens (tertiary/aromatic N) is 1. The van der Waals surface area contributed by atoms with Gasteiger partial charge in [0.1, 0.15) is 11.3 Å². The van der Waals surface area contributed by atoms with E-state index in [4.69, 9.17) is 14.8 Å². The summed E-state index contributed by atoms with van der Waals surface area (Å²) in [6.07, 6.45) is 10.8. The summed E-state index contributed by atoms with van der Waals surface area (Å²) in [5, 5.41) is 9.89. The van der Waals surface area contributed by atoms with Crippen LogP contribution in [0.2, 0.25) is 0 Å². The van der Waals surface area contributed by atoms with E-state index in [-0.39, 0.29) is 0 Å². The summed E-state index contributed by atoms with van der Waals surface area (Å²) in [6.45, 7) is 3.01. The fourth-order valence-corrected chi connectivity index (χ4v) is 3.05. The Morgan fingerprint density at radius 1 is 0.875 bits per heavy atom. The predicted molar refractivity (Wildman–Crippen MR) is 101 cm³/mol. The van der Waals surface area contributed by atoms with E-state index in [2.05, 4.69) is 18.2 Å². The number of pyridine rings is 1. The second kappa shape index (κ2) is 11.0. The van der Waals surface area contributed by atoms with Gasteiger partial charge in [-0.1, -0.05) is 56.7 Å². The number of hydrogen-bond donors (Lipinski definition) is 1. The molecule has 1 aromatic carbocycles. The van der Waals surface area contributed by atoms with Crippen LogP contribution in [0.25, 0.3) is 10.9 Å². The van der Waals surface area contributed by atoms with Crippen LogP contribution in [0.15, 0.2) is 30.3 Å². The number of para-hydroxylation sites is 1. The molecule has 3 nitrogen and oxygen atoms in total. The van der Waals surface area contributed by atoms with Crippen molar-refractivity contribution in [3.05, 3.63) is 36.0 Å². The lowest BCUT2D eigenvalue weighted by Gasteiger charge is -2.08. The van der Waals surface area contributed by atoms with Gasteiger partial charge in [-0.25, -0.2) is 4.98 Å². The molecule has 24 heavy (non-hydrogen) atoms. The molecule has 0 aliphatic rings. The lowest BCUT2D eigenvalue weighted by atomic mass is 10.1. The molecule has 0 spiro atoms. The van der Waals surface area contributed by atoms with E-state index in [1.165, 1.54) is 44.9 Å². The van der Waals surface area contributed by atoms with E-state index >= 15 is 0 Å². The van der Waals surface area contributed by atoms with Crippen molar-refractivity contribution < 1.29 is 9.84 Å². The summed E-state index contributed by atoms with van der Waals surface area (Å²) < 4.78 is 5.69. The largest absolute Gasteiger partial charge is 0.492 e. The number of hydrogen-bond acceptors (Lipinski definition) is 3. The first-order valence-corrected chi connectivity index (χ1v) is 9.47. The highest BCUT2D eigenvalue weighted by atomic mass is 16.5. The minimum Gasteiger partial charge on any atom is -0.492 e. The molecule has 0 unspecified atom stereocenters. The Bertz CT molecular complexity index is 597. The Kier molecular flexibility index (Phi) is 8.61. The molecule has 0 atom stereocenters. The molecule has 1 aromatic heterocycles. The Hall–Kier alpha value is -1.61. The number of ether oxygens (including phenoxy) is 1. The minimum absolute atomic E-state index is 0.337. The van der Waals surface area contributed by atoms with Crippen LogP contribution in [0.3, 0.4) is 0 Å². The summed E-state index contributed by atoms with van der Waals surface area (Å²) in [4.78, 5) is 4.81. The second-order valence-electron chi connectivity index (χ2n) is 6.37. The molecule has 0 amide bonds. The fraction of sp³-hybridized carbons (Fsp3) is 0.571. The molecule has 2 rings (SSSR count). The Morgan fingerprint density at radius 2 is 1.58 bits per heavy atom. The summed E-state index contributed by atoms with van der Waals surface area (Å²) in [6, 6.07) is 10.4. The van der Waals surface area contributed by atoms with E-state index in [0.29, 0.717) is 13.2 Å². The van der Waals surface area contributed by atoms with Gasteiger partial charge in [0.2, 0.25) is 0 Å². The predicted octanol–water partition coefficient (Wildman–Crippen LogP) is 5.29. The van der Waals surface area contributed by atoms with Gasteiger partial charge in [-0.15, -0.1) is 0 Å². The Labute approximate surface area is 146 Å². The number of unbranched alkanes of at least 4 members (excludes halogenated alkanes) is 7. The summed E-state index contributed by atoms with van der Waals surface area (Å²) in [5.74, 6) is 0.889. The van der Waals surface area contributed by atoms with Gasteiger partial charge in [-0.05, 0) is 38.3 Å². The molecule has 0 saturated carbocycles.